The van der Waals surface area contributed by atoms with Crippen LogP contribution in [0.15, 0.2) is 30.3 Å². The van der Waals surface area contributed by atoms with E-state index in [2.05, 4.69) is 5.32 Å². The zero-order valence-corrected chi connectivity index (χ0v) is 18.7. The highest BCUT2D eigenvalue weighted by Crippen LogP contribution is 2.50. The molecule has 3 atom stereocenters. The molecule has 1 aromatic carbocycles. The van der Waals surface area contributed by atoms with Crippen LogP contribution >= 0.6 is 7.60 Å². The van der Waals surface area contributed by atoms with Crippen LogP contribution in [0.3, 0.4) is 0 Å². The maximum Gasteiger partial charge on any atom is 0.351 e. The Bertz CT molecular complexity index is 698. The molecule has 0 fully saturated rings. The Morgan fingerprint density at radius 1 is 1.13 bits per heavy atom. The van der Waals surface area contributed by atoms with E-state index >= 15 is 0 Å². The molecular weight excluding hydrogens is 407 g/mol. The molecule has 0 aromatic heterocycles. The lowest BCUT2D eigenvalue weighted by atomic mass is 10.1. The number of carboxylic acids is 1. The van der Waals surface area contributed by atoms with Gasteiger partial charge in [-0.15, -0.1) is 0 Å². The van der Waals surface area contributed by atoms with E-state index < -0.39 is 31.4 Å². The second kappa shape index (κ2) is 13.5. The molecule has 0 bridgehead atoms. The van der Waals surface area contributed by atoms with Crippen molar-refractivity contribution in [1.29, 1.82) is 0 Å². The number of hydrogen-bond acceptors (Lipinski definition) is 5. The average Bonchev–Trinajstić information content (AvgIpc) is 2.69. The summed E-state index contributed by atoms with van der Waals surface area (Å²) < 4.78 is 18.0. The highest BCUT2D eigenvalue weighted by molar-refractivity contribution is 7.53. The van der Waals surface area contributed by atoms with Crippen molar-refractivity contribution in [1.82, 2.24) is 5.32 Å². The van der Waals surface area contributed by atoms with Crippen LogP contribution in [0.5, 0.6) is 0 Å². The van der Waals surface area contributed by atoms with E-state index in [-0.39, 0.29) is 18.7 Å². The Morgan fingerprint density at radius 3 is 2.33 bits per heavy atom. The molecule has 5 N–H and O–H groups in total. The van der Waals surface area contributed by atoms with E-state index in [1.165, 1.54) is 0 Å². The van der Waals surface area contributed by atoms with Crippen LogP contribution < -0.4 is 11.1 Å². The first-order chi connectivity index (χ1) is 14.2. The normalized spacial score (nSPS) is 15.4. The summed E-state index contributed by atoms with van der Waals surface area (Å²) in [5.41, 5.74) is 6.42. The predicted octanol–water partition coefficient (Wildman–Crippen LogP) is 3.28. The number of carbonyl (C=O) groups excluding carboxylic acids is 1. The fraction of sp³-hybridized carbons (Fsp3) is 0.619. The molecule has 170 valence electrons. The van der Waals surface area contributed by atoms with Crippen molar-refractivity contribution >= 4 is 19.5 Å². The summed E-state index contributed by atoms with van der Waals surface area (Å²) in [7, 11) is -4.41. The van der Waals surface area contributed by atoms with Gasteiger partial charge < -0.3 is 21.1 Å². The summed E-state index contributed by atoms with van der Waals surface area (Å²) in [6.45, 7) is 3.93. The fourth-order valence-electron chi connectivity index (χ4n) is 3.06. The number of amides is 1. The predicted molar refractivity (Wildman–Crippen MR) is 116 cm³/mol. The van der Waals surface area contributed by atoms with Crippen LogP contribution in [-0.4, -0.2) is 40.3 Å². The summed E-state index contributed by atoms with van der Waals surface area (Å²) in [6, 6.07) is 9.44. The minimum atomic E-state index is -4.41. The molecule has 1 amide bonds. The zero-order chi connectivity index (χ0) is 22.6. The molecule has 1 aromatic rings. The van der Waals surface area contributed by atoms with Crippen molar-refractivity contribution < 1.29 is 28.7 Å². The largest absolute Gasteiger partial charge is 0.479 e. The van der Waals surface area contributed by atoms with Gasteiger partial charge in [-0.3, -0.25) is 13.9 Å². The first-order valence-corrected chi connectivity index (χ1v) is 12.1. The third-order valence-corrected chi connectivity index (χ3v) is 6.73. The van der Waals surface area contributed by atoms with Gasteiger partial charge in [0.1, 0.15) is 5.78 Å². The standard InChI is InChI=1S/C21H35N2O6P/c1-16(2)20(23-19(24)14-13-17-10-6-5-7-11-17)30(27,28)29-18(21(25)26)12-8-3-4-9-15-22/h5-7,10-11,16,18,20H,3-4,8-9,12-15,22H2,1-2H3,(H,23,24)(H,25,26)(H,27,28)/t18?,20-/m1/s1. The summed E-state index contributed by atoms with van der Waals surface area (Å²) >= 11 is 0. The summed E-state index contributed by atoms with van der Waals surface area (Å²) in [6.07, 6.45) is 2.40. The molecule has 0 aliphatic carbocycles. The average molecular weight is 442 g/mol. The van der Waals surface area contributed by atoms with Gasteiger partial charge in [-0.1, -0.05) is 63.4 Å². The Hall–Kier alpha value is -1.73. The van der Waals surface area contributed by atoms with Gasteiger partial charge in [0, 0.05) is 6.42 Å². The Labute approximate surface area is 178 Å². The Morgan fingerprint density at radius 2 is 1.77 bits per heavy atom. The minimum Gasteiger partial charge on any atom is -0.479 e. The van der Waals surface area contributed by atoms with Crippen molar-refractivity contribution in [3.8, 4) is 0 Å². The fourth-order valence-corrected chi connectivity index (χ4v) is 4.81. The third kappa shape index (κ3) is 9.85. The second-order valence-corrected chi connectivity index (χ2v) is 9.63. The van der Waals surface area contributed by atoms with Gasteiger partial charge >= 0.3 is 13.6 Å². The maximum atomic E-state index is 12.9. The number of aliphatic carboxylic acids is 1. The summed E-state index contributed by atoms with van der Waals surface area (Å²) in [5, 5.41) is 12.0. The highest BCUT2D eigenvalue weighted by atomic mass is 31.2. The number of aryl methyl sites for hydroxylation is 1. The maximum absolute atomic E-state index is 12.9. The molecule has 2 unspecified atom stereocenters. The number of nitrogens with one attached hydrogen (secondary N) is 1. The first kappa shape index (κ1) is 26.3. The van der Waals surface area contributed by atoms with Crippen molar-refractivity contribution in [2.45, 2.75) is 70.7 Å². The molecule has 0 saturated carbocycles. The molecule has 0 heterocycles. The summed E-state index contributed by atoms with van der Waals surface area (Å²) in [4.78, 5) is 34.3. The number of carboxylic acid groups (broad SMARTS) is 1. The SMILES string of the molecule is CC(C)[C@H](NC(=O)CCc1ccccc1)P(=O)(O)OC(CCCCCCN)C(=O)O. The van der Waals surface area contributed by atoms with Crippen molar-refractivity contribution in [3.63, 3.8) is 0 Å². The smallest absolute Gasteiger partial charge is 0.351 e. The van der Waals surface area contributed by atoms with E-state index in [1.807, 2.05) is 30.3 Å². The molecule has 8 nitrogen and oxygen atoms in total. The zero-order valence-electron chi connectivity index (χ0n) is 17.8. The molecule has 0 spiro atoms. The highest BCUT2D eigenvalue weighted by Gasteiger charge is 2.40. The molecule has 0 saturated heterocycles. The van der Waals surface area contributed by atoms with Crippen LogP contribution in [0.4, 0.5) is 0 Å². The van der Waals surface area contributed by atoms with E-state index in [4.69, 9.17) is 10.3 Å². The Balaban J connectivity index is 2.68. The first-order valence-electron chi connectivity index (χ1n) is 10.4. The van der Waals surface area contributed by atoms with Crippen LogP contribution in [0.25, 0.3) is 0 Å². The van der Waals surface area contributed by atoms with E-state index in [1.54, 1.807) is 13.8 Å². The van der Waals surface area contributed by atoms with Crippen molar-refractivity contribution in [2.24, 2.45) is 11.7 Å². The van der Waals surface area contributed by atoms with E-state index in [0.717, 1.165) is 24.8 Å². The molecule has 0 aliphatic rings. The minimum absolute atomic E-state index is 0.122. The lowest BCUT2D eigenvalue weighted by molar-refractivity contribution is -0.145. The van der Waals surface area contributed by atoms with Crippen LogP contribution in [0.2, 0.25) is 0 Å². The molecule has 0 radical (unpaired) electrons. The van der Waals surface area contributed by atoms with Gasteiger partial charge in [0.05, 0.1) is 0 Å². The van der Waals surface area contributed by atoms with E-state index in [0.29, 0.717) is 19.4 Å². The van der Waals surface area contributed by atoms with Crippen molar-refractivity contribution in [3.05, 3.63) is 35.9 Å². The molecule has 9 heteroatoms. The molecule has 0 aliphatic heterocycles. The lowest BCUT2D eigenvalue weighted by Crippen LogP contribution is -2.40. The number of hydrogen-bond donors (Lipinski definition) is 4. The van der Waals surface area contributed by atoms with Crippen LogP contribution in [0, 0.1) is 5.92 Å². The lowest BCUT2D eigenvalue weighted by Gasteiger charge is -2.28. The number of benzene rings is 1. The number of nitrogens with two attached hydrogens (primary N) is 1. The van der Waals surface area contributed by atoms with Gasteiger partial charge in [-0.2, -0.15) is 0 Å². The number of carbonyl (C=O) groups is 2. The molecule has 30 heavy (non-hydrogen) atoms. The van der Waals surface area contributed by atoms with Gasteiger partial charge in [0.25, 0.3) is 0 Å². The van der Waals surface area contributed by atoms with Gasteiger partial charge in [0.15, 0.2) is 6.10 Å². The van der Waals surface area contributed by atoms with Gasteiger partial charge in [-0.25, -0.2) is 4.79 Å². The van der Waals surface area contributed by atoms with Gasteiger partial charge in [-0.05, 0) is 37.3 Å². The van der Waals surface area contributed by atoms with Crippen LogP contribution in [-0.2, 0) is 25.1 Å². The van der Waals surface area contributed by atoms with Crippen LogP contribution in [0.1, 0.15) is 57.9 Å². The quantitative estimate of drug-likeness (QED) is 0.241. The number of unbranched alkanes of at least 4 members (excludes halogenated alkanes) is 3. The topological polar surface area (TPSA) is 139 Å². The van der Waals surface area contributed by atoms with E-state index in [9.17, 15) is 24.2 Å². The second-order valence-electron chi connectivity index (χ2n) is 7.73. The van der Waals surface area contributed by atoms with Gasteiger partial charge in [0.2, 0.25) is 5.91 Å². The molecule has 1 rings (SSSR count). The number of rotatable bonds is 15. The van der Waals surface area contributed by atoms with Crippen molar-refractivity contribution in [2.75, 3.05) is 6.54 Å². The summed E-state index contributed by atoms with van der Waals surface area (Å²) in [5.74, 6) is -3.27. The monoisotopic (exact) mass is 442 g/mol. The Kier molecular flexibility index (Phi) is 11.9. The molecular formula is C21H35N2O6P. The third-order valence-electron chi connectivity index (χ3n) is 4.75.